The third kappa shape index (κ3) is 2.40. The van der Waals surface area contributed by atoms with Gasteiger partial charge in [0.15, 0.2) is 11.6 Å². The average Bonchev–Trinajstić information content (AvgIpc) is 2.62. The van der Waals surface area contributed by atoms with E-state index in [4.69, 9.17) is 4.42 Å². The van der Waals surface area contributed by atoms with Crippen molar-refractivity contribution in [2.45, 2.75) is 12.8 Å². The Morgan fingerprint density at radius 3 is 3.15 bits per heavy atom. The lowest BCUT2D eigenvalue weighted by molar-refractivity contribution is -0.107. The fourth-order valence-corrected chi connectivity index (χ4v) is 0.806. The zero-order valence-corrected chi connectivity index (χ0v) is 7.15. The largest absolute Gasteiger partial charge is 0.464 e. The maximum atomic E-state index is 10.9. The zero-order chi connectivity index (χ0) is 9.68. The molecule has 0 aliphatic rings. The van der Waals surface area contributed by atoms with E-state index in [1.807, 2.05) is 0 Å². The number of aromatic nitrogens is 1. The van der Waals surface area contributed by atoms with Crippen molar-refractivity contribution >= 4 is 12.3 Å². The summed E-state index contributed by atoms with van der Waals surface area (Å²) in [7, 11) is 1.27. The minimum absolute atomic E-state index is 0.128. The molecule has 0 aromatic carbocycles. The van der Waals surface area contributed by atoms with Gasteiger partial charge in [0.25, 0.3) is 0 Å². The summed E-state index contributed by atoms with van der Waals surface area (Å²) < 4.78 is 9.34. The molecule has 5 nitrogen and oxygen atoms in total. The summed E-state index contributed by atoms with van der Waals surface area (Å²) in [5.74, 6) is -0.173. The van der Waals surface area contributed by atoms with Gasteiger partial charge in [0, 0.05) is 12.8 Å². The van der Waals surface area contributed by atoms with E-state index in [2.05, 4.69) is 9.72 Å². The quantitative estimate of drug-likeness (QED) is 0.504. The van der Waals surface area contributed by atoms with Crippen molar-refractivity contribution in [3.63, 3.8) is 0 Å². The van der Waals surface area contributed by atoms with Gasteiger partial charge >= 0.3 is 5.97 Å². The van der Waals surface area contributed by atoms with E-state index in [9.17, 15) is 9.59 Å². The number of oxazole rings is 1. The number of hydrogen-bond acceptors (Lipinski definition) is 5. The highest BCUT2D eigenvalue weighted by molar-refractivity contribution is 5.86. The summed E-state index contributed by atoms with van der Waals surface area (Å²) in [6.07, 6.45) is 2.72. The number of aldehydes is 1. The molecule has 1 aromatic rings. The van der Waals surface area contributed by atoms with E-state index in [0.717, 1.165) is 6.29 Å². The van der Waals surface area contributed by atoms with Crippen LogP contribution in [0.1, 0.15) is 22.8 Å². The van der Waals surface area contributed by atoms with E-state index in [1.165, 1.54) is 13.4 Å². The number of aryl methyl sites for hydroxylation is 1. The maximum absolute atomic E-state index is 10.9. The van der Waals surface area contributed by atoms with Gasteiger partial charge < -0.3 is 13.9 Å². The number of nitrogens with zero attached hydrogens (tertiary/aromatic N) is 1. The van der Waals surface area contributed by atoms with E-state index < -0.39 is 5.97 Å². The van der Waals surface area contributed by atoms with Gasteiger partial charge in [-0.05, 0) is 0 Å². The van der Waals surface area contributed by atoms with Crippen LogP contribution in [-0.2, 0) is 16.0 Å². The Hall–Kier alpha value is -1.65. The van der Waals surface area contributed by atoms with Crippen molar-refractivity contribution in [3.8, 4) is 0 Å². The Kier molecular flexibility index (Phi) is 3.19. The smallest absolute Gasteiger partial charge is 0.360 e. The Balaban J connectivity index is 2.63. The molecule has 1 aromatic heterocycles. The van der Waals surface area contributed by atoms with Crippen LogP contribution in [-0.4, -0.2) is 24.3 Å². The lowest BCUT2D eigenvalue weighted by Gasteiger charge is -1.89. The average molecular weight is 183 g/mol. The van der Waals surface area contributed by atoms with Crippen LogP contribution in [0.3, 0.4) is 0 Å². The summed E-state index contributed by atoms with van der Waals surface area (Å²) in [5.41, 5.74) is 0.128. The first-order valence-corrected chi connectivity index (χ1v) is 3.74. The first-order chi connectivity index (χ1) is 6.27. The Bertz CT molecular complexity index is 305. The molecule has 0 aliphatic carbocycles. The second kappa shape index (κ2) is 4.39. The molecule has 0 bridgehead atoms. The Morgan fingerprint density at radius 2 is 2.54 bits per heavy atom. The van der Waals surface area contributed by atoms with Crippen LogP contribution in [0.5, 0.6) is 0 Å². The summed E-state index contributed by atoms with van der Waals surface area (Å²) in [5, 5.41) is 0. The Labute approximate surface area is 74.7 Å². The molecule has 0 spiro atoms. The van der Waals surface area contributed by atoms with Crippen molar-refractivity contribution in [1.29, 1.82) is 0 Å². The SMILES string of the molecule is COC(=O)c1coc(CCC=O)n1. The van der Waals surface area contributed by atoms with Crippen molar-refractivity contribution in [1.82, 2.24) is 4.98 Å². The van der Waals surface area contributed by atoms with Crippen LogP contribution in [0.2, 0.25) is 0 Å². The molecule has 0 saturated heterocycles. The van der Waals surface area contributed by atoms with Gasteiger partial charge in [-0.25, -0.2) is 9.78 Å². The standard InChI is InChI=1S/C8H9NO4/c1-12-8(11)6-5-13-7(9-6)3-2-4-10/h4-5H,2-3H2,1H3. The zero-order valence-electron chi connectivity index (χ0n) is 7.15. The monoisotopic (exact) mass is 183 g/mol. The molecule has 70 valence electrons. The molecule has 0 amide bonds. The number of esters is 1. The normalized spacial score (nSPS) is 9.62. The van der Waals surface area contributed by atoms with Crippen LogP contribution in [0.4, 0.5) is 0 Å². The summed E-state index contributed by atoms with van der Waals surface area (Å²) >= 11 is 0. The minimum Gasteiger partial charge on any atom is -0.464 e. The Morgan fingerprint density at radius 1 is 1.77 bits per heavy atom. The molecule has 0 fully saturated rings. The highest BCUT2D eigenvalue weighted by atomic mass is 16.5. The highest BCUT2D eigenvalue weighted by Crippen LogP contribution is 2.04. The lowest BCUT2D eigenvalue weighted by Crippen LogP contribution is -2.01. The van der Waals surface area contributed by atoms with Gasteiger partial charge in [-0.3, -0.25) is 0 Å². The van der Waals surface area contributed by atoms with E-state index >= 15 is 0 Å². The van der Waals surface area contributed by atoms with Gasteiger partial charge in [-0.1, -0.05) is 0 Å². The van der Waals surface area contributed by atoms with E-state index in [1.54, 1.807) is 0 Å². The summed E-state index contributed by atoms with van der Waals surface area (Å²) in [4.78, 5) is 24.7. The summed E-state index contributed by atoms with van der Waals surface area (Å²) in [6, 6.07) is 0. The second-order valence-electron chi connectivity index (χ2n) is 2.32. The molecule has 13 heavy (non-hydrogen) atoms. The number of rotatable bonds is 4. The minimum atomic E-state index is -0.541. The predicted octanol–water partition coefficient (Wildman–Crippen LogP) is 0.593. The molecular formula is C8H9NO4. The van der Waals surface area contributed by atoms with Gasteiger partial charge in [0.2, 0.25) is 0 Å². The van der Waals surface area contributed by atoms with Crippen LogP contribution < -0.4 is 0 Å². The molecule has 0 N–H and O–H groups in total. The summed E-state index contributed by atoms with van der Waals surface area (Å²) in [6.45, 7) is 0. The molecule has 0 radical (unpaired) electrons. The molecule has 0 saturated carbocycles. The number of methoxy groups -OCH3 is 1. The molecule has 0 atom stereocenters. The van der Waals surface area contributed by atoms with Gasteiger partial charge in [0.1, 0.15) is 12.5 Å². The predicted molar refractivity (Wildman–Crippen MR) is 42.2 cm³/mol. The topological polar surface area (TPSA) is 69.4 Å². The third-order valence-corrected chi connectivity index (χ3v) is 1.42. The maximum Gasteiger partial charge on any atom is 0.360 e. The van der Waals surface area contributed by atoms with Crippen LogP contribution in [0.15, 0.2) is 10.7 Å². The first-order valence-electron chi connectivity index (χ1n) is 3.74. The highest BCUT2D eigenvalue weighted by Gasteiger charge is 2.11. The third-order valence-electron chi connectivity index (χ3n) is 1.42. The van der Waals surface area contributed by atoms with Crippen molar-refractivity contribution in [2.24, 2.45) is 0 Å². The van der Waals surface area contributed by atoms with E-state index in [-0.39, 0.29) is 5.69 Å². The molecular weight excluding hydrogens is 174 g/mol. The van der Waals surface area contributed by atoms with Crippen molar-refractivity contribution in [2.75, 3.05) is 7.11 Å². The van der Waals surface area contributed by atoms with Crippen molar-refractivity contribution in [3.05, 3.63) is 17.8 Å². The molecule has 0 aliphatic heterocycles. The number of ether oxygens (including phenoxy) is 1. The van der Waals surface area contributed by atoms with Gasteiger partial charge in [0.05, 0.1) is 7.11 Å². The number of carbonyl (C=O) groups excluding carboxylic acids is 2. The van der Waals surface area contributed by atoms with Gasteiger partial charge in [-0.2, -0.15) is 0 Å². The first kappa shape index (κ1) is 9.44. The lowest BCUT2D eigenvalue weighted by atomic mass is 10.3. The molecule has 1 heterocycles. The molecule has 1 rings (SSSR count). The van der Waals surface area contributed by atoms with Crippen LogP contribution in [0, 0.1) is 0 Å². The second-order valence-corrected chi connectivity index (χ2v) is 2.32. The van der Waals surface area contributed by atoms with Gasteiger partial charge in [-0.15, -0.1) is 0 Å². The number of hydrogen-bond donors (Lipinski definition) is 0. The number of carbonyl (C=O) groups is 2. The molecule has 0 unspecified atom stereocenters. The molecule has 5 heteroatoms. The van der Waals surface area contributed by atoms with Crippen LogP contribution in [0.25, 0.3) is 0 Å². The van der Waals surface area contributed by atoms with Crippen LogP contribution >= 0.6 is 0 Å². The van der Waals surface area contributed by atoms with Crippen molar-refractivity contribution < 1.29 is 18.7 Å². The van der Waals surface area contributed by atoms with E-state index in [0.29, 0.717) is 18.7 Å². The fraction of sp³-hybridized carbons (Fsp3) is 0.375. The fourth-order valence-electron chi connectivity index (χ4n) is 0.806.